The van der Waals surface area contributed by atoms with Crippen LogP contribution in [0.2, 0.25) is 0 Å². The molecule has 0 aliphatic carbocycles. The summed E-state index contributed by atoms with van der Waals surface area (Å²) >= 11 is 1.14. The lowest BCUT2D eigenvalue weighted by Gasteiger charge is -2.08. The number of hydrogen-bond donors (Lipinski definition) is 1. The lowest BCUT2D eigenvalue weighted by Crippen LogP contribution is -2.05. The van der Waals surface area contributed by atoms with Crippen LogP contribution < -0.4 is 0 Å². The average Bonchev–Trinajstić information content (AvgIpc) is 2.38. The van der Waals surface area contributed by atoms with Gasteiger partial charge in [0.25, 0.3) is 0 Å². The van der Waals surface area contributed by atoms with E-state index >= 15 is 0 Å². The molecule has 1 N–H and O–H groups in total. The van der Waals surface area contributed by atoms with Gasteiger partial charge >= 0.3 is 6.18 Å². The van der Waals surface area contributed by atoms with E-state index in [0.717, 1.165) is 24.0 Å². The minimum atomic E-state index is -4.39. The summed E-state index contributed by atoms with van der Waals surface area (Å²) in [7, 11) is 0. The van der Waals surface area contributed by atoms with Gasteiger partial charge in [-0.25, -0.2) is 9.97 Å². The van der Waals surface area contributed by atoms with Crippen LogP contribution in [0.25, 0.3) is 0 Å². The first-order valence-corrected chi connectivity index (χ1v) is 6.53. The number of alkyl halides is 3. The van der Waals surface area contributed by atoms with Crippen LogP contribution in [-0.2, 0) is 6.18 Å². The molecule has 0 fully saturated rings. The molecule has 1 unspecified atom stereocenters. The first kappa shape index (κ1) is 14.8. The number of pyridine rings is 2. The summed E-state index contributed by atoms with van der Waals surface area (Å²) in [6.45, 7) is 1.63. The van der Waals surface area contributed by atoms with Crippen LogP contribution in [0.1, 0.15) is 24.2 Å². The van der Waals surface area contributed by atoms with E-state index < -0.39 is 17.8 Å². The van der Waals surface area contributed by atoms with Crippen LogP contribution in [0, 0.1) is 0 Å². The van der Waals surface area contributed by atoms with Crippen LogP contribution in [0.4, 0.5) is 13.2 Å². The quantitative estimate of drug-likeness (QED) is 0.939. The van der Waals surface area contributed by atoms with Crippen molar-refractivity contribution < 1.29 is 18.3 Å². The maximum Gasteiger partial charge on any atom is 0.417 e. The van der Waals surface area contributed by atoms with Gasteiger partial charge in [-0.2, -0.15) is 13.2 Å². The lowest BCUT2D eigenvalue weighted by atomic mass is 10.2. The van der Waals surface area contributed by atoms with E-state index in [2.05, 4.69) is 9.97 Å². The number of hydrogen-bond acceptors (Lipinski definition) is 4. The van der Waals surface area contributed by atoms with Crippen molar-refractivity contribution in [2.45, 2.75) is 29.3 Å². The highest BCUT2D eigenvalue weighted by molar-refractivity contribution is 7.99. The third-order valence-corrected chi connectivity index (χ3v) is 3.40. The van der Waals surface area contributed by atoms with Gasteiger partial charge in [-0.15, -0.1) is 0 Å². The molecule has 3 nitrogen and oxygen atoms in total. The molecule has 7 heteroatoms. The maximum atomic E-state index is 12.4. The van der Waals surface area contributed by atoms with Crippen molar-refractivity contribution in [2.75, 3.05) is 0 Å². The Labute approximate surface area is 117 Å². The Hall–Kier alpha value is -1.60. The zero-order valence-corrected chi connectivity index (χ0v) is 11.2. The van der Waals surface area contributed by atoms with Crippen molar-refractivity contribution in [3.63, 3.8) is 0 Å². The molecule has 2 heterocycles. The highest BCUT2D eigenvalue weighted by atomic mass is 32.2. The Morgan fingerprint density at radius 3 is 2.45 bits per heavy atom. The Morgan fingerprint density at radius 1 is 1.15 bits per heavy atom. The van der Waals surface area contributed by atoms with Gasteiger partial charge < -0.3 is 5.11 Å². The summed E-state index contributed by atoms with van der Waals surface area (Å²) in [5.74, 6) is 0. The number of rotatable bonds is 3. The Kier molecular flexibility index (Phi) is 4.29. The summed E-state index contributed by atoms with van der Waals surface area (Å²) in [5.41, 5.74) is -0.0954. The Balaban J connectivity index is 2.16. The van der Waals surface area contributed by atoms with E-state index in [1.807, 2.05) is 0 Å². The van der Waals surface area contributed by atoms with Crippen molar-refractivity contribution >= 4 is 11.8 Å². The molecule has 0 radical (unpaired) electrons. The van der Waals surface area contributed by atoms with Gasteiger partial charge in [0.15, 0.2) is 0 Å². The first-order chi connectivity index (χ1) is 9.36. The number of aliphatic hydroxyl groups excluding tert-OH is 1. The topological polar surface area (TPSA) is 46.0 Å². The van der Waals surface area contributed by atoms with E-state index in [1.54, 1.807) is 19.1 Å². The third-order valence-electron chi connectivity index (χ3n) is 2.51. The second-order valence-corrected chi connectivity index (χ2v) is 5.13. The van der Waals surface area contributed by atoms with Gasteiger partial charge in [-0.3, -0.25) is 0 Å². The van der Waals surface area contributed by atoms with Crippen LogP contribution in [0.3, 0.4) is 0 Å². The second kappa shape index (κ2) is 5.80. The molecule has 2 aromatic heterocycles. The fourth-order valence-electron chi connectivity index (χ4n) is 1.46. The van der Waals surface area contributed by atoms with Gasteiger partial charge in [-0.1, -0.05) is 11.8 Å². The predicted octanol–water partition coefficient (Wildman–Crippen LogP) is 3.70. The Bertz CT molecular complexity index is 585. The van der Waals surface area contributed by atoms with E-state index in [-0.39, 0.29) is 0 Å². The highest BCUT2D eigenvalue weighted by Gasteiger charge is 2.30. The molecule has 0 saturated carbocycles. The molecule has 0 saturated heterocycles. The molecule has 0 aliphatic rings. The number of aromatic nitrogens is 2. The molecular formula is C13H11F3N2OS. The smallest absolute Gasteiger partial charge is 0.389 e. The van der Waals surface area contributed by atoms with Crippen molar-refractivity contribution in [1.82, 2.24) is 9.97 Å². The van der Waals surface area contributed by atoms with Crippen molar-refractivity contribution in [1.29, 1.82) is 0 Å². The van der Waals surface area contributed by atoms with E-state index in [9.17, 15) is 18.3 Å². The van der Waals surface area contributed by atoms with Gasteiger partial charge in [0.05, 0.1) is 11.7 Å². The monoisotopic (exact) mass is 300 g/mol. The molecule has 0 aromatic carbocycles. The standard InChI is InChI=1S/C13H11F3N2OS/c1-8(19)9-4-5-17-12(6-9)20-11-3-2-10(7-18-11)13(14,15)16/h2-8,19H,1H3. The molecule has 0 spiro atoms. The Morgan fingerprint density at radius 2 is 1.90 bits per heavy atom. The molecule has 106 valence electrons. The molecule has 20 heavy (non-hydrogen) atoms. The van der Waals surface area contributed by atoms with E-state index in [0.29, 0.717) is 15.6 Å². The summed E-state index contributed by atoms with van der Waals surface area (Å²) in [6.07, 6.45) is -2.69. The first-order valence-electron chi connectivity index (χ1n) is 5.71. The normalized spacial score (nSPS) is 13.2. The number of aliphatic hydroxyl groups is 1. The maximum absolute atomic E-state index is 12.4. The molecule has 2 rings (SSSR count). The molecule has 0 aliphatic heterocycles. The minimum Gasteiger partial charge on any atom is -0.389 e. The fraction of sp³-hybridized carbons (Fsp3) is 0.231. The molecule has 1 atom stereocenters. The van der Waals surface area contributed by atoms with Crippen LogP contribution >= 0.6 is 11.8 Å². The molecule has 0 amide bonds. The summed E-state index contributed by atoms with van der Waals surface area (Å²) in [6, 6.07) is 5.63. The minimum absolute atomic E-state index is 0.410. The summed E-state index contributed by atoms with van der Waals surface area (Å²) in [5, 5.41) is 10.4. The van der Waals surface area contributed by atoms with Gasteiger partial charge in [0.2, 0.25) is 0 Å². The van der Waals surface area contributed by atoms with Crippen molar-refractivity contribution in [3.05, 3.63) is 47.8 Å². The van der Waals surface area contributed by atoms with Gasteiger partial charge in [-0.05, 0) is 36.8 Å². The predicted molar refractivity (Wildman–Crippen MR) is 68.2 cm³/mol. The molecular weight excluding hydrogens is 289 g/mol. The number of nitrogens with zero attached hydrogens (tertiary/aromatic N) is 2. The van der Waals surface area contributed by atoms with Gasteiger partial charge in [0, 0.05) is 12.4 Å². The summed E-state index contributed by atoms with van der Waals surface area (Å²) < 4.78 is 37.2. The van der Waals surface area contributed by atoms with Crippen molar-refractivity contribution in [2.24, 2.45) is 0 Å². The molecule has 0 bridgehead atoms. The lowest BCUT2D eigenvalue weighted by molar-refractivity contribution is -0.137. The SMILES string of the molecule is CC(O)c1ccnc(Sc2ccc(C(F)(F)F)cn2)c1. The van der Waals surface area contributed by atoms with Crippen molar-refractivity contribution in [3.8, 4) is 0 Å². The van der Waals surface area contributed by atoms with E-state index in [4.69, 9.17) is 0 Å². The average molecular weight is 300 g/mol. The highest BCUT2D eigenvalue weighted by Crippen LogP contribution is 2.31. The molecule has 2 aromatic rings. The van der Waals surface area contributed by atoms with E-state index in [1.165, 1.54) is 12.3 Å². The fourth-order valence-corrected chi connectivity index (χ4v) is 2.22. The van der Waals surface area contributed by atoms with Gasteiger partial charge in [0.1, 0.15) is 10.1 Å². The van der Waals surface area contributed by atoms with Crippen LogP contribution in [0.15, 0.2) is 46.7 Å². The zero-order chi connectivity index (χ0) is 14.8. The number of halogens is 3. The summed E-state index contributed by atoms with van der Waals surface area (Å²) in [4.78, 5) is 7.83. The van der Waals surface area contributed by atoms with Crippen LogP contribution in [-0.4, -0.2) is 15.1 Å². The van der Waals surface area contributed by atoms with Crippen LogP contribution in [0.5, 0.6) is 0 Å². The zero-order valence-electron chi connectivity index (χ0n) is 10.4. The largest absolute Gasteiger partial charge is 0.417 e. The third kappa shape index (κ3) is 3.71. The second-order valence-electron chi connectivity index (χ2n) is 4.09.